The minimum Gasteiger partial charge on any atom is -0.454 e. The van der Waals surface area contributed by atoms with E-state index in [1.165, 1.54) is 22.3 Å². The topological polar surface area (TPSA) is 59.1 Å². The maximum absolute atomic E-state index is 13.5. The van der Waals surface area contributed by atoms with Crippen molar-refractivity contribution in [3.8, 4) is 11.5 Å². The Labute approximate surface area is 229 Å². The average molecular weight is 585 g/mol. The Bertz CT molecular complexity index is 1360. The summed E-state index contributed by atoms with van der Waals surface area (Å²) in [5, 5.41) is 1.82. The van der Waals surface area contributed by atoms with Crippen LogP contribution < -0.4 is 9.47 Å². The molecule has 2 heterocycles. The van der Waals surface area contributed by atoms with Gasteiger partial charge >= 0.3 is 12.4 Å². The molecule has 3 aromatic rings. The molecule has 0 radical (unpaired) electrons. The fourth-order valence-corrected chi connectivity index (χ4v) is 4.70. The van der Waals surface area contributed by atoms with E-state index in [9.17, 15) is 35.9 Å². The largest absolute Gasteiger partial charge is 0.454 e. The van der Waals surface area contributed by atoms with Crippen molar-refractivity contribution in [2.75, 3.05) is 19.9 Å². The number of hydrogen-bond acceptors (Lipinski definition) is 5. The van der Waals surface area contributed by atoms with E-state index >= 15 is 0 Å². The zero-order valence-corrected chi connectivity index (χ0v) is 21.5. The standard InChI is InChI=1S/C27H22F6N2O4S/c1-2-7-34(25(37)18-10-19(26(28,29)30)12-20(11-18)27(31,32)33)15-24(36)35(14-21-4-3-8-40-21)13-17-5-6-22-23(9-17)39-16-38-22/h2-6,8-12H,1,7,13-16H2. The van der Waals surface area contributed by atoms with Crippen LogP contribution in [0.15, 0.2) is 66.6 Å². The quantitative estimate of drug-likeness (QED) is 0.217. The van der Waals surface area contributed by atoms with E-state index in [0.29, 0.717) is 29.2 Å². The van der Waals surface area contributed by atoms with E-state index in [1.807, 2.05) is 5.38 Å². The Morgan fingerprint density at radius 2 is 1.57 bits per heavy atom. The number of carbonyl (C=O) groups excluding carboxylic acids is 2. The molecule has 212 valence electrons. The second kappa shape index (κ2) is 11.6. The van der Waals surface area contributed by atoms with Gasteiger partial charge in [-0.3, -0.25) is 9.59 Å². The molecule has 0 saturated carbocycles. The maximum Gasteiger partial charge on any atom is 0.416 e. The molecule has 0 fully saturated rings. The van der Waals surface area contributed by atoms with Crippen molar-refractivity contribution >= 4 is 23.2 Å². The number of benzene rings is 2. The van der Waals surface area contributed by atoms with Crippen LogP contribution in [0.5, 0.6) is 11.5 Å². The van der Waals surface area contributed by atoms with E-state index < -0.39 is 47.4 Å². The molecule has 0 unspecified atom stereocenters. The normalized spacial score (nSPS) is 12.8. The van der Waals surface area contributed by atoms with Crippen LogP contribution in [0, 0.1) is 0 Å². The van der Waals surface area contributed by atoms with Crippen LogP contribution in [0.3, 0.4) is 0 Å². The van der Waals surface area contributed by atoms with Crippen LogP contribution in [0.2, 0.25) is 0 Å². The molecule has 1 aliphatic rings. The molecule has 13 heteroatoms. The fourth-order valence-electron chi connectivity index (χ4n) is 3.98. The summed E-state index contributed by atoms with van der Waals surface area (Å²) < 4.78 is 90.8. The van der Waals surface area contributed by atoms with Gasteiger partial charge in [-0.25, -0.2) is 0 Å². The predicted octanol–water partition coefficient (Wildman–Crippen LogP) is 6.37. The second-order valence-corrected chi connectivity index (χ2v) is 9.82. The fraction of sp³-hybridized carbons (Fsp3) is 0.259. The number of thiophene rings is 1. The van der Waals surface area contributed by atoms with E-state index in [0.717, 1.165) is 9.78 Å². The monoisotopic (exact) mass is 584 g/mol. The Kier molecular flexibility index (Phi) is 8.43. The molecule has 0 bridgehead atoms. The third kappa shape index (κ3) is 6.95. The van der Waals surface area contributed by atoms with Gasteiger partial charge < -0.3 is 19.3 Å². The Morgan fingerprint density at radius 1 is 0.900 bits per heavy atom. The summed E-state index contributed by atoms with van der Waals surface area (Å²) in [5.74, 6) is -0.718. The van der Waals surface area contributed by atoms with Gasteiger partial charge in [0.2, 0.25) is 12.7 Å². The minimum absolute atomic E-state index is 0.0564. The molecule has 0 aliphatic carbocycles. The van der Waals surface area contributed by atoms with Crippen LogP contribution in [0.1, 0.15) is 31.9 Å². The van der Waals surface area contributed by atoms with Crippen molar-refractivity contribution in [3.63, 3.8) is 0 Å². The highest BCUT2D eigenvalue weighted by Crippen LogP contribution is 2.37. The molecule has 40 heavy (non-hydrogen) atoms. The van der Waals surface area contributed by atoms with Crippen molar-refractivity contribution < 1.29 is 45.4 Å². The van der Waals surface area contributed by atoms with Gasteiger partial charge in [-0.2, -0.15) is 26.3 Å². The third-order valence-corrected chi connectivity index (χ3v) is 6.75. The van der Waals surface area contributed by atoms with Crippen LogP contribution >= 0.6 is 11.3 Å². The SMILES string of the molecule is C=CCN(CC(=O)N(Cc1ccc2c(c1)OCO2)Cc1cccs1)C(=O)c1cc(C(F)(F)F)cc(C(F)(F)F)c1. The number of nitrogens with zero attached hydrogens (tertiary/aromatic N) is 2. The molecule has 0 atom stereocenters. The van der Waals surface area contributed by atoms with Gasteiger partial charge in [0.15, 0.2) is 11.5 Å². The van der Waals surface area contributed by atoms with E-state index in [-0.39, 0.29) is 32.5 Å². The summed E-state index contributed by atoms with van der Waals surface area (Å²) in [6.07, 6.45) is -9.03. The summed E-state index contributed by atoms with van der Waals surface area (Å²) in [6.45, 7) is 2.90. The lowest BCUT2D eigenvalue weighted by Crippen LogP contribution is -2.42. The lowest BCUT2D eigenvalue weighted by Gasteiger charge is -2.27. The smallest absolute Gasteiger partial charge is 0.416 e. The van der Waals surface area contributed by atoms with Gasteiger partial charge in [-0.05, 0) is 47.3 Å². The predicted molar refractivity (Wildman–Crippen MR) is 134 cm³/mol. The number of fused-ring (bicyclic) bond motifs is 1. The lowest BCUT2D eigenvalue weighted by molar-refractivity contribution is -0.143. The van der Waals surface area contributed by atoms with E-state index in [1.54, 1.807) is 30.3 Å². The molecule has 0 spiro atoms. The molecule has 6 nitrogen and oxygen atoms in total. The van der Waals surface area contributed by atoms with Crippen molar-refractivity contribution in [3.05, 3.63) is 93.7 Å². The first kappa shape index (κ1) is 29.0. The molecule has 1 aliphatic heterocycles. The highest BCUT2D eigenvalue weighted by molar-refractivity contribution is 7.09. The zero-order valence-electron chi connectivity index (χ0n) is 20.7. The number of ether oxygens (including phenoxy) is 2. The Hall–Kier alpha value is -4.00. The summed E-state index contributed by atoms with van der Waals surface area (Å²) in [7, 11) is 0. The number of amides is 2. The zero-order chi connectivity index (χ0) is 29.1. The van der Waals surface area contributed by atoms with Gasteiger partial charge in [0.1, 0.15) is 6.54 Å². The molecule has 2 aromatic carbocycles. The van der Waals surface area contributed by atoms with Gasteiger partial charge in [0.25, 0.3) is 5.91 Å². The first-order valence-electron chi connectivity index (χ1n) is 11.7. The van der Waals surface area contributed by atoms with Gasteiger partial charge in [-0.1, -0.05) is 18.2 Å². The summed E-state index contributed by atoms with van der Waals surface area (Å²) in [6, 6.07) is 9.34. The number of hydrogen-bond donors (Lipinski definition) is 0. The summed E-state index contributed by atoms with van der Waals surface area (Å²) >= 11 is 1.39. The summed E-state index contributed by atoms with van der Waals surface area (Å²) in [4.78, 5) is 29.8. The van der Waals surface area contributed by atoms with Crippen LogP contribution in [0.25, 0.3) is 0 Å². The highest BCUT2D eigenvalue weighted by Gasteiger charge is 2.38. The minimum atomic E-state index is -5.13. The van der Waals surface area contributed by atoms with E-state index in [4.69, 9.17) is 9.47 Å². The Morgan fingerprint density at radius 3 is 2.17 bits per heavy atom. The van der Waals surface area contributed by atoms with Crippen LogP contribution in [-0.2, 0) is 30.2 Å². The van der Waals surface area contributed by atoms with Gasteiger partial charge in [-0.15, -0.1) is 17.9 Å². The van der Waals surface area contributed by atoms with Crippen molar-refractivity contribution in [2.24, 2.45) is 0 Å². The Balaban J connectivity index is 1.61. The first-order chi connectivity index (χ1) is 18.8. The average Bonchev–Trinajstić information content (AvgIpc) is 3.58. The molecular formula is C27H22F6N2O4S. The first-order valence-corrected chi connectivity index (χ1v) is 12.6. The third-order valence-electron chi connectivity index (χ3n) is 5.89. The molecule has 1 aromatic heterocycles. The molecule has 2 amide bonds. The highest BCUT2D eigenvalue weighted by atomic mass is 32.1. The number of alkyl halides is 6. The summed E-state index contributed by atoms with van der Waals surface area (Å²) in [5.41, 5.74) is -3.42. The second-order valence-electron chi connectivity index (χ2n) is 8.79. The van der Waals surface area contributed by atoms with E-state index in [2.05, 4.69) is 6.58 Å². The number of rotatable bonds is 9. The maximum atomic E-state index is 13.5. The van der Waals surface area contributed by atoms with Gasteiger partial charge in [0, 0.05) is 23.5 Å². The van der Waals surface area contributed by atoms with Crippen LogP contribution in [-0.4, -0.2) is 41.5 Å². The van der Waals surface area contributed by atoms with Gasteiger partial charge in [0.05, 0.1) is 17.7 Å². The number of halogens is 6. The van der Waals surface area contributed by atoms with Crippen molar-refractivity contribution in [2.45, 2.75) is 25.4 Å². The number of carbonyl (C=O) groups is 2. The lowest BCUT2D eigenvalue weighted by atomic mass is 10.0. The molecule has 0 saturated heterocycles. The molecule has 0 N–H and O–H groups in total. The van der Waals surface area contributed by atoms with Crippen LogP contribution in [0.4, 0.5) is 26.3 Å². The molecule has 4 rings (SSSR count). The van der Waals surface area contributed by atoms with Crippen molar-refractivity contribution in [1.82, 2.24) is 9.80 Å². The molecular weight excluding hydrogens is 562 g/mol. The van der Waals surface area contributed by atoms with Crippen molar-refractivity contribution in [1.29, 1.82) is 0 Å².